The topological polar surface area (TPSA) is 38.4 Å². The predicted octanol–water partition coefficient (Wildman–Crippen LogP) is 2.49. The van der Waals surface area contributed by atoms with Crippen LogP contribution in [0.4, 0.5) is 13.2 Å². The third-order valence-electron chi connectivity index (χ3n) is 1.58. The molecule has 0 aliphatic heterocycles. The van der Waals surface area contributed by atoms with Crippen LogP contribution in [0.3, 0.4) is 0 Å². The number of rotatable bonds is 5. The zero-order chi connectivity index (χ0) is 10.3. The van der Waals surface area contributed by atoms with Crippen molar-refractivity contribution in [1.29, 1.82) is 0 Å². The summed E-state index contributed by atoms with van der Waals surface area (Å²) >= 11 is 0. The molecule has 0 spiro atoms. The van der Waals surface area contributed by atoms with Gasteiger partial charge in [-0.15, -0.1) is 0 Å². The second-order valence-corrected chi connectivity index (χ2v) is 2.83. The van der Waals surface area contributed by atoms with Crippen molar-refractivity contribution in [3.8, 4) is 0 Å². The molecule has 0 heterocycles. The van der Waals surface area contributed by atoms with Gasteiger partial charge in [-0.2, -0.15) is 13.2 Å². The standard InChI is InChI=1S/C8H15F3N2/c1-2-3-4-5-6-13-7(12)8(9,10)11/h2-6H2,1H3,(H2,12,13). The third kappa shape index (κ3) is 6.42. The molecular weight excluding hydrogens is 181 g/mol. The van der Waals surface area contributed by atoms with Gasteiger partial charge in [0.1, 0.15) is 0 Å². The minimum atomic E-state index is -4.47. The summed E-state index contributed by atoms with van der Waals surface area (Å²) in [7, 11) is 0. The lowest BCUT2D eigenvalue weighted by molar-refractivity contribution is -0.0600. The van der Waals surface area contributed by atoms with E-state index in [0.29, 0.717) is 6.42 Å². The lowest BCUT2D eigenvalue weighted by Gasteiger charge is -2.04. The number of unbranched alkanes of at least 4 members (excludes halogenated alkanes) is 3. The van der Waals surface area contributed by atoms with Gasteiger partial charge >= 0.3 is 6.18 Å². The third-order valence-corrected chi connectivity index (χ3v) is 1.58. The Hall–Kier alpha value is -0.740. The van der Waals surface area contributed by atoms with E-state index in [0.717, 1.165) is 19.3 Å². The molecule has 0 aliphatic rings. The van der Waals surface area contributed by atoms with Crippen molar-refractivity contribution in [2.45, 2.75) is 38.8 Å². The first-order chi connectivity index (χ1) is 5.98. The van der Waals surface area contributed by atoms with Gasteiger partial charge in [-0.1, -0.05) is 26.2 Å². The molecule has 0 atom stereocenters. The molecule has 0 amide bonds. The van der Waals surface area contributed by atoms with Crippen LogP contribution >= 0.6 is 0 Å². The van der Waals surface area contributed by atoms with E-state index in [1.165, 1.54) is 0 Å². The number of nitrogens with two attached hydrogens (primary N) is 1. The molecule has 0 fully saturated rings. The first-order valence-corrected chi connectivity index (χ1v) is 4.35. The van der Waals surface area contributed by atoms with Crippen LogP contribution in [0.25, 0.3) is 0 Å². The first kappa shape index (κ1) is 12.3. The smallest absolute Gasteiger partial charge is 0.380 e. The minimum absolute atomic E-state index is 0.172. The summed E-state index contributed by atoms with van der Waals surface area (Å²) in [4.78, 5) is 3.24. The Kier molecular flexibility index (Phi) is 5.50. The van der Waals surface area contributed by atoms with E-state index in [1.54, 1.807) is 0 Å². The van der Waals surface area contributed by atoms with E-state index in [9.17, 15) is 13.2 Å². The summed E-state index contributed by atoms with van der Waals surface area (Å²) in [5, 5.41) is 0. The van der Waals surface area contributed by atoms with Crippen molar-refractivity contribution in [2.24, 2.45) is 10.7 Å². The number of halogens is 3. The van der Waals surface area contributed by atoms with Gasteiger partial charge in [-0.05, 0) is 6.42 Å². The number of hydrogen-bond acceptors (Lipinski definition) is 1. The summed E-state index contributed by atoms with van der Waals surface area (Å²) in [6.45, 7) is 2.21. The minimum Gasteiger partial charge on any atom is -0.380 e. The molecule has 2 nitrogen and oxygen atoms in total. The fourth-order valence-electron chi connectivity index (χ4n) is 0.828. The Balaban J connectivity index is 3.60. The maximum atomic E-state index is 11.8. The van der Waals surface area contributed by atoms with Gasteiger partial charge in [0, 0.05) is 6.54 Å². The van der Waals surface area contributed by atoms with Crippen LogP contribution in [0, 0.1) is 0 Å². The molecule has 0 aromatic rings. The van der Waals surface area contributed by atoms with Gasteiger partial charge < -0.3 is 5.73 Å². The quantitative estimate of drug-likeness (QED) is 0.409. The highest BCUT2D eigenvalue weighted by Crippen LogP contribution is 2.14. The second-order valence-electron chi connectivity index (χ2n) is 2.83. The number of amidine groups is 1. The number of hydrogen-bond donors (Lipinski definition) is 1. The molecule has 0 radical (unpaired) electrons. The van der Waals surface area contributed by atoms with Crippen molar-refractivity contribution in [2.75, 3.05) is 6.54 Å². The Morgan fingerprint density at radius 3 is 2.31 bits per heavy atom. The Morgan fingerprint density at radius 2 is 1.85 bits per heavy atom. The van der Waals surface area contributed by atoms with Crippen LogP contribution < -0.4 is 5.73 Å². The van der Waals surface area contributed by atoms with Crippen molar-refractivity contribution >= 4 is 5.84 Å². The lowest BCUT2D eigenvalue weighted by atomic mass is 10.2. The van der Waals surface area contributed by atoms with Crippen LogP contribution in [0.2, 0.25) is 0 Å². The molecule has 0 saturated heterocycles. The Bertz CT molecular complexity index is 163. The maximum absolute atomic E-state index is 11.8. The highest BCUT2D eigenvalue weighted by Gasteiger charge is 2.32. The molecule has 0 rings (SSSR count). The van der Waals surface area contributed by atoms with Gasteiger partial charge in [0.15, 0.2) is 0 Å². The summed E-state index contributed by atoms with van der Waals surface area (Å²) in [5.41, 5.74) is 4.69. The van der Waals surface area contributed by atoms with E-state index in [1.807, 2.05) is 6.92 Å². The summed E-state index contributed by atoms with van der Waals surface area (Å²) in [5.74, 6) is -1.22. The zero-order valence-corrected chi connectivity index (χ0v) is 7.69. The molecule has 0 unspecified atom stereocenters. The maximum Gasteiger partial charge on any atom is 0.448 e. The molecule has 0 aromatic heterocycles. The zero-order valence-electron chi connectivity index (χ0n) is 7.69. The van der Waals surface area contributed by atoms with E-state index in [2.05, 4.69) is 4.99 Å². The van der Waals surface area contributed by atoms with E-state index in [-0.39, 0.29) is 6.54 Å². The number of aliphatic imine (C=N–C) groups is 1. The highest BCUT2D eigenvalue weighted by molar-refractivity contribution is 5.85. The van der Waals surface area contributed by atoms with Crippen molar-refractivity contribution < 1.29 is 13.2 Å². The number of alkyl halides is 3. The molecule has 5 heteroatoms. The molecule has 0 bridgehead atoms. The van der Waals surface area contributed by atoms with Gasteiger partial charge in [0.25, 0.3) is 0 Å². The SMILES string of the molecule is CCCCCCN=C(N)C(F)(F)F. The van der Waals surface area contributed by atoms with Crippen LogP contribution in [0.5, 0.6) is 0 Å². The Morgan fingerprint density at radius 1 is 1.23 bits per heavy atom. The van der Waals surface area contributed by atoms with E-state index in [4.69, 9.17) is 5.73 Å². The van der Waals surface area contributed by atoms with Crippen LogP contribution in [-0.2, 0) is 0 Å². The number of nitrogens with zero attached hydrogens (tertiary/aromatic N) is 1. The predicted molar refractivity (Wildman–Crippen MR) is 46.7 cm³/mol. The van der Waals surface area contributed by atoms with Crippen molar-refractivity contribution in [3.63, 3.8) is 0 Å². The first-order valence-electron chi connectivity index (χ1n) is 4.35. The van der Waals surface area contributed by atoms with E-state index < -0.39 is 12.0 Å². The Labute approximate surface area is 76.0 Å². The van der Waals surface area contributed by atoms with Crippen LogP contribution in [-0.4, -0.2) is 18.6 Å². The molecule has 2 N–H and O–H groups in total. The molecule has 0 aliphatic carbocycles. The van der Waals surface area contributed by atoms with Crippen molar-refractivity contribution in [1.82, 2.24) is 0 Å². The fourth-order valence-corrected chi connectivity index (χ4v) is 0.828. The van der Waals surface area contributed by atoms with Gasteiger partial charge in [0.05, 0.1) is 0 Å². The van der Waals surface area contributed by atoms with Gasteiger partial charge in [-0.25, -0.2) is 0 Å². The fraction of sp³-hybridized carbons (Fsp3) is 0.875. The second kappa shape index (κ2) is 5.83. The average Bonchev–Trinajstić information content (AvgIpc) is 2.02. The van der Waals surface area contributed by atoms with Crippen molar-refractivity contribution in [3.05, 3.63) is 0 Å². The molecular formula is C8H15F3N2. The molecule has 78 valence electrons. The lowest BCUT2D eigenvalue weighted by Crippen LogP contribution is -2.31. The van der Waals surface area contributed by atoms with Gasteiger partial charge in [0.2, 0.25) is 5.84 Å². The summed E-state index contributed by atoms with van der Waals surface area (Å²) < 4.78 is 35.3. The molecule has 0 aromatic carbocycles. The summed E-state index contributed by atoms with van der Waals surface area (Å²) in [6.07, 6.45) is -0.805. The molecule has 13 heavy (non-hydrogen) atoms. The summed E-state index contributed by atoms with van der Waals surface area (Å²) in [6, 6.07) is 0. The largest absolute Gasteiger partial charge is 0.448 e. The van der Waals surface area contributed by atoms with Gasteiger partial charge in [-0.3, -0.25) is 4.99 Å². The highest BCUT2D eigenvalue weighted by atomic mass is 19.4. The monoisotopic (exact) mass is 196 g/mol. The van der Waals surface area contributed by atoms with Crippen LogP contribution in [0.15, 0.2) is 4.99 Å². The van der Waals surface area contributed by atoms with E-state index >= 15 is 0 Å². The average molecular weight is 196 g/mol. The van der Waals surface area contributed by atoms with Crippen LogP contribution in [0.1, 0.15) is 32.6 Å². The molecule has 0 saturated carbocycles. The normalized spacial score (nSPS) is 13.4.